The molecule has 184 valence electrons. The lowest BCUT2D eigenvalue weighted by molar-refractivity contribution is -0.143. The van der Waals surface area contributed by atoms with Crippen molar-refractivity contribution < 1.29 is 24.2 Å². The van der Waals surface area contributed by atoms with Crippen LogP contribution in [0.3, 0.4) is 0 Å². The summed E-state index contributed by atoms with van der Waals surface area (Å²) in [6.07, 6.45) is 4.05. The standard InChI is InChI=1S/C28H32N2O5/c31-25(30-17-28(11-12-28)26(32)33)14-18-9-10-19(13-18)15-29-27(34)35-16-24-22-7-3-1-5-20(22)21-6-2-4-8-23(21)24/h1-8,18-19,24H,9-17H2,(H,29,34)(H,30,31)(H,32,33). The van der Waals surface area contributed by atoms with Gasteiger partial charge in [-0.05, 0) is 66.2 Å². The van der Waals surface area contributed by atoms with E-state index in [1.165, 1.54) is 22.3 Å². The van der Waals surface area contributed by atoms with E-state index in [2.05, 4.69) is 34.9 Å². The molecule has 7 nitrogen and oxygen atoms in total. The zero-order chi connectivity index (χ0) is 24.4. The van der Waals surface area contributed by atoms with Gasteiger partial charge in [-0.2, -0.15) is 0 Å². The van der Waals surface area contributed by atoms with E-state index < -0.39 is 17.5 Å². The van der Waals surface area contributed by atoms with Crippen LogP contribution in [0.1, 0.15) is 55.6 Å². The normalized spacial score (nSPS) is 21.6. The number of ether oxygens (including phenoxy) is 1. The Bertz CT molecular complexity index is 1080. The first-order chi connectivity index (χ1) is 16.9. The van der Waals surface area contributed by atoms with Gasteiger partial charge in [0.15, 0.2) is 0 Å². The second kappa shape index (κ2) is 9.72. The minimum atomic E-state index is -0.821. The molecule has 2 unspecified atom stereocenters. The molecule has 0 radical (unpaired) electrons. The van der Waals surface area contributed by atoms with Gasteiger partial charge < -0.3 is 20.5 Å². The second-order valence-electron chi connectivity index (χ2n) is 10.3. The fraction of sp³-hybridized carbons (Fsp3) is 0.464. The smallest absolute Gasteiger partial charge is 0.407 e. The van der Waals surface area contributed by atoms with Gasteiger partial charge in [0, 0.05) is 25.4 Å². The lowest BCUT2D eigenvalue weighted by Gasteiger charge is -2.16. The average Bonchev–Trinajstić information content (AvgIpc) is 3.43. The van der Waals surface area contributed by atoms with Gasteiger partial charge in [0.25, 0.3) is 0 Å². The highest BCUT2D eigenvalue weighted by atomic mass is 16.5. The third kappa shape index (κ3) is 5.04. The van der Waals surface area contributed by atoms with Crippen LogP contribution in [-0.4, -0.2) is 42.8 Å². The number of carbonyl (C=O) groups is 3. The van der Waals surface area contributed by atoms with Crippen LogP contribution in [-0.2, 0) is 14.3 Å². The molecule has 0 spiro atoms. The highest BCUT2D eigenvalue weighted by molar-refractivity contribution is 5.81. The number of amides is 2. The maximum absolute atomic E-state index is 12.4. The maximum atomic E-state index is 12.4. The number of carboxylic acid groups (broad SMARTS) is 1. The number of carbonyl (C=O) groups excluding carboxylic acids is 2. The van der Waals surface area contributed by atoms with Gasteiger partial charge in [-0.25, -0.2) is 4.79 Å². The lowest BCUT2D eigenvalue weighted by atomic mass is 9.98. The van der Waals surface area contributed by atoms with E-state index in [0.29, 0.717) is 38.3 Å². The molecule has 2 atom stereocenters. The second-order valence-corrected chi connectivity index (χ2v) is 10.3. The van der Waals surface area contributed by atoms with Crippen molar-refractivity contribution >= 4 is 18.0 Å². The van der Waals surface area contributed by atoms with Crippen molar-refractivity contribution in [2.24, 2.45) is 17.3 Å². The molecule has 7 heteroatoms. The average molecular weight is 477 g/mol. The number of aliphatic carboxylic acids is 1. The summed E-state index contributed by atoms with van der Waals surface area (Å²) < 4.78 is 5.62. The summed E-state index contributed by atoms with van der Waals surface area (Å²) >= 11 is 0. The molecule has 2 aromatic carbocycles. The van der Waals surface area contributed by atoms with Gasteiger partial charge in [0.05, 0.1) is 5.41 Å². The first-order valence-electron chi connectivity index (χ1n) is 12.5. The van der Waals surface area contributed by atoms with Crippen molar-refractivity contribution in [3.8, 4) is 11.1 Å². The summed E-state index contributed by atoms with van der Waals surface area (Å²) in [6.45, 7) is 1.06. The molecular formula is C28H32N2O5. The van der Waals surface area contributed by atoms with E-state index in [-0.39, 0.29) is 24.3 Å². The number of hydrogen-bond acceptors (Lipinski definition) is 4. The fourth-order valence-corrected chi connectivity index (χ4v) is 5.65. The van der Waals surface area contributed by atoms with E-state index in [9.17, 15) is 19.5 Å². The molecule has 2 aromatic rings. The molecule has 35 heavy (non-hydrogen) atoms. The molecule has 5 rings (SSSR count). The largest absolute Gasteiger partial charge is 0.481 e. The Hall–Kier alpha value is -3.35. The highest BCUT2D eigenvalue weighted by Gasteiger charge is 2.50. The Labute approximate surface area is 205 Å². The Morgan fingerprint density at radius 2 is 1.54 bits per heavy atom. The van der Waals surface area contributed by atoms with Crippen LogP contribution in [0.4, 0.5) is 4.79 Å². The molecule has 2 saturated carbocycles. The molecule has 0 aromatic heterocycles. The van der Waals surface area contributed by atoms with Crippen LogP contribution in [0.25, 0.3) is 11.1 Å². The molecule has 3 aliphatic carbocycles. The third-order valence-electron chi connectivity index (χ3n) is 7.93. The summed E-state index contributed by atoms with van der Waals surface area (Å²) in [6, 6.07) is 16.5. The molecule has 0 aliphatic heterocycles. The number of carboxylic acids is 1. The Morgan fingerprint density at radius 1 is 0.914 bits per heavy atom. The SMILES string of the molecule is O=C(CC1CCC(CNC(=O)OCC2c3ccccc3-c3ccccc32)C1)NCC1(C(=O)O)CC1. The molecule has 0 bridgehead atoms. The minimum absolute atomic E-state index is 0.0402. The summed E-state index contributed by atoms with van der Waals surface area (Å²) in [5, 5.41) is 14.9. The van der Waals surface area contributed by atoms with Crippen molar-refractivity contribution in [2.75, 3.05) is 19.7 Å². The Kier molecular flexibility index (Phi) is 6.50. The molecule has 0 heterocycles. The van der Waals surface area contributed by atoms with Crippen molar-refractivity contribution in [1.82, 2.24) is 10.6 Å². The van der Waals surface area contributed by atoms with Gasteiger partial charge in [0.1, 0.15) is 6.61 Å². The predicted molar refractivity (Wildman–Crippen MR) is 131 cm³/mol. The first-order valence-corrected chi connectivity index (χ1v) is 12.5. The van der Waals surface area contributed by atoms with Crippen LogP contribution >= 0.6 is 0 Å². The number of fused-ring (bicyclic) bond motifs is 3. The van der Waals surface area contributed by atoms with Gasteiger partial charge in [-0.3, -0.25) is 9.59 Å². The summed E-state index contributed by atoms with van der Waals surface area (Å²) in [5.74, 6) is -0.268. The molecule has 2 fully saturated rings. The van der Waals surface area contributed by atoms with Crippen molar-refractivity contribution in [2.45, 2.75) is 44.4 Å². The van der Waals surface area contributed by atoms with E-state index in [0.717, 1.165) is 19.3 Å². The van der Waals surface area contributed by atoms with Crippen LogP contribution < -0.4 is 10.6 Å². The third-order valence-corrected chi connectivity index (χ3v) is 7.93. The zero-order valence-electron chi connectivity index (χ0n) is 19.8. The monoisotopic (exact) mass is 476 g/mol. The van der Waals surface area contributed by atoms with Crippen molar-refractivity contribution in [3.05, 3.63) is 59.7 Å². The summed E-state index contributed by atoms with van der Waals surface area (Å²) in [5.41, 5.74) is 4.05. The van der Waals surface area contributed by atoms with E-state index in [4.69, 9.17) is 4.74 Å². The Balaban J connectivity index is 1.04. The van der Waals surface area contributed by atoms with Crippen LogP contribution in [0, 0.1) is 17.3 Å². The number of hydrogen-bond donors (Lipinski definition) is 3. The van der Waals surface area contributed by atoms with Crippen molar-refractivity contribution in [3.63, 3.8) is 0 Å². The minimum Gasteiger partial charge on any atom is -0.481 e. The molecule has 3 N–H and O–H groups in total. The van der Waals surface area contributed by atoms with Crippen molar-refractivity contribution in [1.29, 1.82) is 0 Å². The van der Waals surface area contributed by atoms with E-state index >= 15 is 0 Å². The Morgan fingerprint density at radius 3 is 2.17 bits per heavy atom. The number of nitrogens with one attached hydrogen (secondary N) is 2. The molecule has 0 saturated heterocycles. The summed E-state index contributed by atoms with van der Waals surface area (Å²) in [7, 11) is 0. The lowest BCUT2D eigenvalue weighted by Crippen LogP contribution is -2.35. The first kappa shape index (κ1) is 23.4. The zero-order valence-corrected chi connectivity index (χ0v) is 19.8. The van der Waals surface area contributed by atoms with Gasteiger partial charge >= 0.3 is 12.1 Å². The maximum Gasteiger partial charge on any atom is 0.407 e. The number of benzene rings is 2. The van der Waals surface area contributed by atoms with Crippen LogP contribution in [0.5, 0.6) is 0 Å². The van der Waals surface area contributed by atoms with Crippen LogP contribution in [0.2, 0.25) is 0 Å². The molecule has 3 aliphatic rings. The molecule has 2 amide bonds. The van der Waals surface area contributed by atoms with Gasteiger partial charge in [0.2, 0.25) is 5.91 Å². The molecular weight excluding hydrogens is 444 g/mol. The summed E-state index contributed by atoms with van der Waals surface area (Å²) in [4.78, 5) is 35.9. The van der Waals surface area contributed by atoms with E-state index in [1.807, 2.05) is 24.3 Å². The topological polar surface area (TPSA) is 105 Å². The van der Waals surface area contributed by atoms with Crippen LogP contribution in [0.15, 0.2) is 48.5 Å². The number of rotatable bonds is 9. The van der Waals surface area contributed by atoms with E-state index in [1.54, 1.807) is 0 Å². The van der Waals surface area contributed by atoms with Gasteiger partial charge in [-0.1, -0.05) is 48.5 Å². The fourth-order valence-electron chi connectivity index (χ4n) is 5.65. The number of alkyl carbamates (subject to hydrolysis) is 1. The predicted octanol–water partition coefficient (Wildman–Crippen LogP) is 4.31. The van der Waals surface area contributed by atoms with Gasteiger partial charge in [-0.15, -0.1) is 0 Å². The quantitative estimate of drug-likeness (QED) is 0.500. The highest BCUT2D eigenvalue weighted by Crippen LogP contribution is 2.45.